The molecular weight excluding hydrogens is 318 g/mol. The lowest BCUT2D eigenvalue weighted by atomic mass is 9.86. The third-order valence-electron chi connectivity index (χ3n) is 4.41. The molecule has 0 saturated heterocycles. The summed E-state index contributed by atoms with van der Waals surface area (Å²) < 4.78 is 2.08. The van der Waals surface area contributed by atoms with Crippen LogP contribution >= 0.6 is 0 Å². The molecule has 138 valence electrons. The Hall–Kier alpha value is -2.15. The molecule has 1 atom stereocenters. The highest BCUT2D eigenvalue weighted by Gasteiger charge is 2.34. The first-order chi connectivity index (χ1) is 11.7. The van der Waals surface area contributed by atoms with E-state index in [2.05, 4.69) is 25.1 Å². The van der Waals surface area contributed by atoms with Crippen molar-refractivity contribution in [3.63, 3.8) is 0 Å². The maximum absolute atomic E-state index is 12.9. The molecule has 2 rings (SSSR count). The predicted octanol–water partition coefficient (Wildman–Crippen LogP) is 1.25. The van der Waals surface area contributed by atoms with Crippen LogP contribution in [0.3, 0.4) is 0 Å². The minimum Gasteiger partial charge on any atom is -0.357 e. The highest BCUT2D eigenvalue weighted by molar-refractivity contribution is 5.97. The van der Waals surface area contributed by atoms with Crippen molar-refractivity contribution >= 4 is 17.9 Å². The van der Waals surface area contributed by atoms with Gasteiger partial charge in [-0.2, -0.15) is 0 Å². The van der Waals surface area contributed by atoms with Crippen LogP contribution in [-0.2, 0) is 17.9 Å². The van der Waals surface area contributed by atoms with Crippen LogP contribution in [-0.4, -0.2) is 52.9 Å². The van der Waals surface area contributed by atoms with Crippen molar-refractivity contribution < 1.29 is 9.59 Å². The number of carbonyl (C=O) groups is 2. The van der Waals surface area contributed by atoms with E-state index < -0.39 is 11.5 Å². The van der Waals surface area contributed by atoms with E-state index in [0.29, 0.717) is 12.2 Å². The summed E-state index contributed by atoms with van der Waals surface area (Å²) in [5.74, 6) is 0.265. The molecule has 7 nitrogen and oxygen atoms in total. The molecule has 0 saturated carbocycles. The average molecular weight is 347 g/mol. The second-order valence-electron chi connectivity index (χ2n) is 7.54. The lowest BCUT2D eigenvalue weighted by Gasteiger charge is -2.30. The highest BCUT2D eigenvalue weighted by atomic mass is 16.2. The van der Waals surface area contributed by atoms with Crippen LogP contribution in [0.5, 0.6) is 0 Å². The summed E-state index contributed by atoms with van der Waals surface area (Å²) in [6.07, 6.45) is 3.82. The number of carbonyl (C=O) groups excluding carboxylic acids is 2. The van der Waals surface area contributed by atoms with E-state index in [1.54, 1.807) is 7.05 Å². The van der Waals surface area contributed by atoms with Crippen LogP contribution in [0.4, 0.5) is 0 Å². The number of likely N-dealkylation sites (N-methyl/N-ethyl adjacent to an activating group) is 2. The molecular formula is C18H29N5O2. The Morgan fingerprint density at radius 1 is 1.28 bits per heavy atom. The van der Waals surface area contributed by atoms with Crippen LogP contribution in [0.25, 0.3) is 6.08 Å². The van der Waals surface area contributed by atoms with Crippen molar-refractivity contribution in [1.29, 1.82) is 0 Å². The molecule has 25 heavy (non-hydrogen) atoms. The zero-order valence-corrected chi connectivity index (χ0v) is 16.0. The fraction of sp³-hybridized carbons (Fsp3) is 0.611. The van der Waals surface area contributed by atoms with Crippen LogP contribution < -0.4 is 10.6 Å². The maximum Gasteiger partial charge on any atom is 0.272 e. The molecule has 0 aromatic carbocycles. The molecule has 1 aliphatic heterocycles. The van der Waals surface area contributed by atoms with Gasteiger partial charge in [0.15, 0.2) is 5.69 Å². The summed E-state index contributed by atoms with van der Waals surface area (Å²) in [5.41, 5.74) is 0.889. The van der Waals surface area contributed by atoms with Gasteiger partial charge < -0.3 is 15.2 Å². The van der Waals surface area contributed by atoms with Crippen molar-refractivity contribution in [1.82, 2.24) is 25.1 Å². The van der Waals surface area contributed by atoms with Gasteiger partial charge in [0.2, 0.25) is 5.91 Å². The van der Waals surface area contributed by atoms with Gasteiger partial charge in [-0.05, 0) is 25.5 Å². The van der Waals surface area contributed by atoms with Gasteiger partial charge in [0, 0.05) is 26.7 Å². The number of fused-ring (bicyclic) bond motifs is 1. The van der Waals surface area contributed by atoms with Gasteiger partial charge in [-0.1, -0.05) is 26.8 Å². The van der Waals surface area contributed by atoms with Crippen molar-refractivity contribution in [3.05, 3.63) is 23.3 Å². The van der Waals surface area contributed by atoms with Gasteiger partial charge >= 0.3 is 0 Å². The van der Waals surface area contributed by atoms with E-state index in [-0.39, 0.29) is 11.8 Å². The van der Waals surface area contributed by atoms with Crippen molar-refractivity contribution in [3.8, 4) is 0 Å². The molecule has 2 amide bonds. The molecule has 0 aliphatic carbocycles. The van der Waals surface area contributed by atoms with Gasteiger partial charge in [0.25, 0.3) is 5.91 Å². The van der Waals surface area contributed by atoms with E-state index in [0.717, 1.165) is 24.6 Å². The summed E-state index contributed by atoms with van der Waals surface area (Å²) in [7, 11) is 3.60. The number of rotatable bonds is 4. The Morgan fingerprint density at radius 2 is 1.96 bits per heavy atom. The minimum absolute atomic E-state index is 0.209. The third kappa shape index (κ3) is 4.10. The minimum atomic E-state index is -0.631. The van der Waals surface area contributed by atoms with Crippen LogP contribution in [0.2, 0.25) is 0 Å². The van der Waals surface area contributed by atoms with E-state index in [1.807, 2.05) is 46.9 Å². The normalized spacial score (nSPS) is 16.6. The van der Waals surface area contributed by atoms with Crippen LogP contribution in [0.15, 0.2) is 6.08 Å². The van der Waals surface area contributed by atoms with E-state index >= 15 is 0 Å². The lowest BCUT2D eigenvalue weighted by Crippen LogP contribution is -2.53. The van der Waals surface area contributed by atoms with Gasteiger partial charge in [-0.25, -0.2) is 4.98 Å². The fourth-order valence-electron chi connectivity index (χ4n) is 3.00. The first-order valence-corrected chi connectivity index (χ1v) is 8.62. The monoisotopic (exact) mass is 347 g/mol. The molecule has 2 heterocycles. The Balaban J connectivity index is 2.37. The second kappa shape index (κ2) is 7.39. The molecule has 0 radical (unpaired) electrons. The van der Waals surface area contributed by atoms with Gasteiger partial charge in [-0.15, -0.1) is 0 Å². The number of nitrogens with zero attached hydrogens (tertiary/aromatic N) is 3. The predicted molar refractivity (Wildman–Crippen MR) is 98.0 cm³/mol. The Morgan fingerprint density at radius 3 is 2.52 bits per heavy atom. The largest absolute Gasteiger partial charge is 0.357 e. The number of nitrogens with one attached hydrogen (secondary N) is 2. The van der Waals surface area contributed by atoms with E-state index in [4.69, 9.17) is 0 Å². The summed E-state index contributed by atoms with van der Waals surface area (Å²) in [6, 6.07) is -0.631. The number of amides is 2. The molecule has 1 aliphatic rings. The number of imidazole rings is 1. The zero-order chi connectivity index (χ0) is 18.8. The second-order valence-corrected chi connectivity index (χ2v) is 7.54. The van der Waals surface area contributed by atoms with E-state index in [1.165, 1.54) is 0 Å². The molecule has 0 unspecified atom stereocenters. The molecule has 0 bridgehead atoms. The summed E-state index contributed by atoms with van der Waals surface area (Å²) in [6.45, 7) is 10.1. The Kier molecular flexibility index (Phi) is 5.67. The fourth-order valence-corrected chi connectivity index (χ4v) is 3.00. The summed E-state index contributed by atoms with van der Waals surface area (Å²) in [4.78, 5) is 31.8. The molecule has 1 aromatic heterocycles. The molecule has 0 spiro atoms. The first-order valence-electron chi connectivity index (χ1n) is 8.62. The number of aromatic nitrogens is 2. The lowest BCUT2D eigenvalue weighted by molar-refractivity contribution is -0.124. The SMILES string of the molecule is CC=Cc1nc(C(=O)N[C@H](C(=O)NC)C(C)(C)C)c2n1CCN(C)C2. The number of allylic oxidation sites excluding steroid dienone is 1. The number of hydrogen-bond acceptors (Lipinski definition) is 4. The smallest absolute Gasteiger partial charge is 0.272 e. The van der Waals surface area contributed by atoms with Crippen molar-refractivity contribution in [2.75, 3.05) is 20.6 Å². The Labute approximate surface area is 149 Å². The molecule has 7 heteroatoms. The summed E-state index contributed by atoms with van der Waals surface area (Å²) in [5, 5.41) is 5.50. The zero-order valence-electron chi connectivity index (χ0n) is 16.0. The van der Waals surface area contributed by atoms with Gasteiger partial charge in [0.05, 0.1) is 5.69 Å². The standard InChI is InChI=1S/C18H29N5O2/c1-7-8-13-20-14(12-11-22(6)9-10-23(12)13)16(24)21-15(17(25)19-5)18(2,3)4/h7-8,15H,9-11H2,1-6H3,(H,19,25)(H,21,24)/t15-/m1/s1. The summed E-state index contributed by atoms with van der Waals surface area (Å²) >= 11 is 0. The van der Waals surface area contributed by atoms with Crippen LogP contribution in [0, 0.1) is 5.41 Å². The van der Waals surface area contributed by atoms with Gasteiger partial charge in [-0.3, -0.25) is 14.5 Å². The molecule has 2 N–H and O–H groups in total. The average Bonchev–Trinajstić information content (AvgIpc) is 2.89. The highest BCUT2D eigenvalue weighted by Crippen LogP contribution is 2.22. The van der Waals surface area contributed by atoms with Crippen LogP contribution in [0.1, 0.15) is 49.7 Å². The molecule has 0 fully saturated rings. The molecule has 1 aromatic rings. The quantitative estimate of drug-likeness (QED) is 0.859. The third-order valence-corrected chi connectivity index (χ3v) is 4.41. The number of hydrogen-bond donors (Lipinski definition) is 2. The van der Waals surface area contributed by atoms with Crippen molar-refractivity contribution in [2.45, 2.75) is 46.8 Å². The van der Waals surface area contributed by atoms with Gasteiger partial charge in [0.1, 0.15) is 11.9 Å². The topological polar surface area (TPSA) is 79.3 Å². The Bertz CT molecular complexity index is 684. The first kappa shape index (κ1) is 19.2. The van der Waals surface area contributed by atoms with Crippen molar-refractivity contribution in [2.24, 2.45) is 5.41 Å². The maximum atomic E-state index is 12.9. The van der Waals surface area contributed by atoms with E-state index in [9.17, 15) is 9.59 Å².